The second kappa shape index (κ2) is 10.6. The number of benzene rings is 1. The van der Waals surface area contributed by atoms with Crippen LogP contribution in [-0.4, -0.2) is 52.5 Å². The largest absolute Gasteiger partial charge is 0.434 e. The predicted octanol–water partition coefficient (Wildman–Crippen LogP) is 4.28. The molecule has 3 N–H and O–H groups in total. The number of rotatable bonds is 7. The zero-order chi connectivity index (χ0) is 27.6. The van der Waals surface area contributed by atoms with Crippen molar-refractivity contribution >= 4 is 34.5 Å². The van der Waals surface area contributed by atoms with E-state index in [-0.39, 0.29) is 11.9 Å². The summed E-state index contributed by atoms with van der Waals surface area (Å²) in [7, 11) is 1.74. The highest BCUT2D eigenvalue weighted by atomic mass is 32.1. The summed E-state index contributed by atoms with van der Waals surface area (Å²) in [5.41, 5.74) is 3.61. The number of hydrogen-bond donors (Lipinski definition) is 3. The highest BCUT2D eigenvalue weighted by molar-refractivity contribution is 7.19. The quantitative estimate of drug-likeness (QED) is 0.253. The first kappa shape index (κ1) is 25.3. The minimum Gasteiger partial charge on any atom is -0.387 e. The van der Waals surface area contributed by atoms with E-state index >= 15 is 0 Å². The van der Waals surface area contributed by atoms with E-state index in [9.17, 15) is 9.59 Å². The predicted molar refractivity (Wildman–Crippen MR) is 151 cm³/mol. The minimum absolute atomic E-state index is 0.0800. The van der Waals surface area contributed by atoms with Crippen molar-refractivity contribution in [3.8, 4) is 54.7 Å². The lowest BCUT2D eigenvalue weighted by atomic mass is 10.1. The van der Waals surface area contributed by atoms with Gasteiger partial charge in [-0.1, -0.05) is 30.3 Å². The number of pyridine rings is 1. The van der Waals surface area contributed by atoms with Crippen molar-refractivity contribution in [1.82, 2.24) is 45.2 Å². The van der Waals surface area contributed by atoms with E-state index in [1.807, 2.05) is 42.6 Å². The fraction of sp³-hybridized carbons (Fsp3) is 0.120. The van der Waals surface area contributed by atoms with Crippen molar-refractivity contribution in [3.05, 3.63) is 64.9 Å². The number of carbonyl (C=O) groups is 1. The molecule has 0 spiro atoms. The first-order valence-corrected chi connectivity index (χ1v) is 13.7. The van der Waals surface area contributed by atoms with Gasteiger partial charge in [-0.25, -0.2) is 39.3 Å². The monoisotopic (exact) mass is 572 g/mol. The van der Waals surface area contributed by atoms with Crippen molar-refractivity contribution in [2.45, 2.75) is 6.92 Å². The maximum atomic E-state index is 12.2. The molecule has 6 rings (SSSR count). The van der Waals surface area contributed by atoms with Crippen molar-refractivity contribution in [1.29, 1.82) is 0 Å². The molecule has 0 aliphatic rings. The van der Waals surface area contributed by atoms with Gasteiger partial charge in [-0.05, 0) is 13.0 Å². The molecule has 5 heterocycles. The van der Waals surface area contributed by atoms with E-state index in [2.05, 4.69) is 35.9 Å². The number of urea groups is 1. The van der Waals surface area contributed by atoms with Gasteiger partial charge in [-0.3, -0.25) is 5.32 Å². The molecule has 0 fully saturated rings. The van der Waals surface area contributed by atoms with E-state index in [1.54, 1.807) is 24.0 Å². The van der Waals surface area contributed by atoms with Crippen LogP contribution in [0.1, 0.15) is 6.92 Å². The van der Waals surface area contributed by atoms with E-state index in [0.29, 0.717) is 49.9 Å². The summed E-state index contributed by atoms with van der Waals surface area (Å²) >= 11 is 2.72. The lowest BCUT2D eigenvalue weighted by Crippen LogP contribution is -2.28. The summed E-state index contributed by atoms with van der Waals surface area (Å²) in [4.78, 5) is 43.0. The topological polar surface area (TPSA) is 169 Å². The van der Waals surface area contributed by atoms with Crippen LogP contribution in [0.25, 0.3) is 54.7 Å². The summed E-state index contributed by atoms with van der Waals surface area (Å²) in [5, 5.41) is 19.1. The summed E-state index contributed by atoms with van der Waals surface area (Å²) in [6.07, 6.45) is 3.04. The molecular formula is C25H20N10O3S2. The number of H-pyrrole nitrogens is 1. The zero-order valence-electron chi connectivity index (χ0n) is 21.1. The molecule has 0 radical (unpaired) electrons. The van der Waals surface area contributed by atoms with Gasteiger partial charge in [0.25, 0.3) is 5.89 Å². The first-order chi connectivity index (χ1) is 19.5. The van der Waals surface area contributed by atoms with Gasteiger partial charge in [0.15, 0.2) is 5.82 Å². The number of nitrogens with one attached hydrogen (secondary N) is 3. The standard InChI is InChI=1S/C25H20N10O3S2/c1-3-26-24(36)31-17-9-14(22-30-16(11-39-22)13-7-5-4-6-8-13)15(10-27-17)23-32-18(20-28-12-29-35(20)2)19(40-23)21-33-34-25(37)38-21/h4-12H,3H2,1-2H3,(H,34,37)(H2,26,27,31,36). The maximum absolute atomic E-state index is 12.2. The Hall–Kier alpha value is -5.02. The Morgan fingerprint density at radius 3 is 2.70 bits per heavy atom. The van der Waals surface area contributed by atoms with Crippen LogP contribution in [0.4, 0.5) is 10.6 Å². The molecule has 15 heteroatoms. The Morgan fingerprint density at radius 2 is 1.98 bits per heavy atom. The van der Waals surface area contributed by atoms with Crippen LogP contribution < -0.4 is 16.4 Å². The average molecular weight is 573 g/mol. The van der Waals surface area contributed by atoms with Crippen LogP contribution in [-0.2, 0) is 7.05 Å². The molecule has 0 bridgehead atoms. The third-order valence-electron chi connectivity index (χ3n) is 5.70. The van der Waals surface area contributed by atoms with Crippen LogP contribution in [0.5, 0.6) is 0 Å². The first-order valence-electron chi connectivity index (χ1n) is 12.0. The molecule has 0 aliphatic heterocycles. The number of aryl methyl sites for hydroxylation is 1. The van der Waals surface area contributed by atoms with Gasteiger partial charge in [0.05, 0.1) is 5.69 Å². The third kappa shape index (κ3) is 4.90. The highest BCUT2D eigenvalue weighted by Crippen LogP contribution is 2.43. The summed E-state index contributed by atoms with van der Waals surface area (Å²) in [5.74, 6) is 0.210. The van der Waals surface area contributed by atoms with Gasteiger partial charge in [0.2, 0.25) is 0 Å². The molecule has 0 atom stereocenters. The van der Waals surface area contributed by atoms with Gasteiger partial charge in [0.1, 0.15) is 32.7 Å². The summed E-state index contributed by atoms with van der Waals surface area (Å²) in [6, 6.07) is 11.2. The van der Waals surface area contributed by atoms with Gasteiger partial charge < -0.3 is 9.73 Å². The van der Waals surface area contributed by atoms with Gasteiger partial charge in [-0.15, -0.1) is 27.8 Å². The van der Waals surface area contributed by atoms with Crippen molar-refractivity contribution < 1.29 is 9.21 Å². The number of aromatic nitrogens is 8. The molecule has 0 saturated heterocycles. The third-order valence-corrected chi connectivity index (χ3v) is 7.65. The van der Waals surface area contributed by atoms with Crippen LogP contribution in [0.2, 0.25) is 0 Å². The van der Waals surface area contributed by atoms with Crippen LogP contribution in [0.3, 0.4) is 0 Å². The normalized spacial score (nSPS) is 11.1. The second-order valence-electron chi connectivity index (χ2n) is 8.33. The van der Waals surface area contributed by atoms with Crippen LogP contribution >= 0.6 is 22.7 Å². The molecule has 0 aliphatic carbocycles. The Kier molecular flexibility index (Phi) is 6.71. The minimum atomic E-state index is -0.687. The average Bonchev–Trinajstić information content (AvgIpc) is 3.76. The molecule has 6 aromatic rings. The van der Waals surface area contributed by atoms with Crippen molar-refractivity contribution in [3.63, 3.8) is 0 Å². The molecule has 40 heavy (non-hydrogen) atoms. The van der Waals surface area contributed by atoms with Crippen LogP contribution in [0, 0.1) is 0 Å². The molecule has 13 nitrogen and oxygen atoms in total. The molecule has 0 saturated carbocycles. The fourth-order valence-corrected chi connectivity index (χ4v) is 5.77. The van der Waals surface area contributed by atoms with Gasteiger partial charge in [-0.2, -0.15) is 5.10 Å². The molecule has 200 valence electrons. The van der Waals surface area contributed by atoms with E-state index in [4.69, 9.17) is 14.4 Å². The molecule has 2 amide bonds. The summed E-state index contributed by atoms with van der Waals surface area (Å²) < 4.78 is 6.83. The fourth-order valence-electron chi connectivity index (χ4n) is 3.90. The molecule has 1 aromatic carbocycles. The Bertz CT molecular complexity index is 1870. The van der Waals surface area contributed by atoms with Gasteiger partial charge >= 0.3 is 11.8 Å². The van der Waals surface area contributed by atoms with E-state index < -0.39 is 5.76 Å². The number of aromatic amines is 1. The molecule has 5 aromatic heterocycles. The van der Waals surface area contributed by atoms with Gasteiger partial charge in [0, 0.05) is 41.9 Å². The number of amides is 2. The smallest absolute Gasteiger partial charge is 0.387 e. The Morgan fingerprint density at radius 1 is 1.12 bits per heavy atom. The lowest BCUT2D eigenvalue weighted by molar-refractivity contribution is 0.252. The lowest BCUT2D eigenvalue weighted by Gasteiger charge is -2.09. The van der Waals surface area contributed by atoms with Crippen LogP contribution in [0.15, 0.2) is 63.5 Å². The van der Waals surface area contributed by atoms with Crippen molar-refractivity contribution in [2.75, 3.05) is 11.9 Å². The zero-order valence-corrected chi connectivity index (χ0v) is 22.7. The number of carbonyl (C=O) groups excluding carboxylic acids is 1. The van der Waals surface area contributed by atoms with E-state index in [1.165, 1.54) is 29.0 Å². The number of hydrogen-bond acceptors (Lipinski definition) is 11. The maximum Gasteiger partial charge on any atom is 0.434 e. The second-order valence-corrected chi connectivity index (χ2v) is 10.2. The molecule has 0 unspecified atom stereocenters. The Labute approximate surface area is 234 Å². The number of anilines is 1. The summed E-state index contributed by atoms with van der Waals surface area (Å²) in [6.45, 7) is 2.30. The molecular weight excluding hydrogens is 552 g/mol. The van der Waals surface area contributed by atoms with E-state index in [0.717, 1.165) is 11.3 Å². The van der Waals surface area contributed by atoms with Crippen molar-refractivity contribution in [2.24, 2.45) is 7.05 Å². The Balaban J connectivity index is 1.51. The highest BCUT2D eigenvalue weighted by Gasteiger charge is 2.25. The SMILES string of the molecule is CCNC(=O)Nc1cc(-c2nc(-c3ccccc3)cs2)c(-c2nc(-c3ncnn3C)c(-c3n[nH]c(=O)o3)s2)cn1. The number of thiazole rings is 2. The number of nitrogens with zero attached hydrogens (tertiary/aromatic N) is 7.